The Morgan fingerprint density at radius 2 is 1.87 bits per heavy atom. The lowest BCUT2D eigenvalue weighted by Gasteiger charge is -2.24. The fourth-order valence-electron chi connectivity index (χ4n) is 2.46. The molecule has 0 bridgehead atoms. The molecule has 0 radical (unpaired) electrons. The molecule has 0 aliphatic carbocycles. The number of ether oxygens (including phenoxy) is 1. The molecule has 23 heavy (non-hydrogen) atoms. The molecule has 1 heterocycles. The average Bonchev–Trinajstić information content (AvgIpc) is 3.07. The summed E-state index contributed by atoms with van der Waals surface area (Å²) in [6.45, 7) is 6.13. The number of methoxy groups -OCH3 is 1. The maximum absolute atomic E-state index is 12.6. The van der Waals surface area contributed by atoms with Gasteiger partial charge in [0.15, 0.2) is 0 Å². The molecule has 126 valence electrons. The minimum atomic E-state index is -0.190. The third-order valence-electron chi connectivity index (χ3n) is 3.81. The molecule has 0 aromatic heterocycles. The van der Waals surface area contributed by atoms with Crippen molar-refractivity contribution in [1.29, 1.82) is 0 Å². The van der Waals surface area contributed by atoms with Crippen molar-refractivity contribution in [1.82, 2.24) is 4.90 Å². The van der Waals surface area contributed by atoms with Gasteiger partial charge in [-0.3, -0.25) is 4.79 Å². The van der Waals surface area contributed by atoms with Crippen LogP contribution in [-0.2, 0) is 4.79 Å². The topological polar surface area (TPSA) is 41.6 Å². The van der Waals surface area contributed by atoms with Gasteiger partial charge in [0.25, 0.3) is 0 Å². The number of amides is 1. The Balaban J connectivity index is 1.98. The van der Waals surface area contributed by atoms with Crippen molar-refractivity contribution < 1.29 is 9.53 Å². The highest BCUT2D eigenvalue weighted by Gasteiger charge is 2.27. The van der Waals surface area contributed by atoms with Crippen LogP contribution in [0.5, 0.6) is 5.75 Å². The summed E-state index contributed by atoms with van der Waals surface area (Å²) in [4.78, 5) is 14.8. The second kappa shape index (κ2) is 8.55. The number of nitrogens with one attached hydrogen (secondary N) is 1. The summed E-state index contributed by atoms with van der Waals surface area (Å²) in [7, 11) is 1.62. The van der Waals surface area contributed by atoms with Gasteiger partial charge in [-0.2, -0.15) is 0 Å². The van der Waals surface area contributed by atoms with Crippen LogP contribution >= 0.6 is 24.0 Å². The van der Waals surface area contributed by atoms with E-state index in [9.17, 15) is 4.79 Å². The minimum Gasteiger partial charge on any atom is -0.497 e. The van der Waals surface area contributed by atoms with Crippen molar-refractivity contribution >= 4 is 39.9 Å². The maximum Gasteiger partial charge on any atom is 0.238 e. The summed E-state index contributed by atoms with van der Waals surface area (Å²) in [5.41, 5.74) is 0.772. The Hall–Kier alpha value is -1.27. The standard InChI is InChI=1S/C17H24N2O2S2/c1-12(2)15(23-17(22)19-10-4-5-11-19)16(20)18-13-6-8-14(21-3)9-7-13/h6-9,12,15H,4-5,10-11H2,1-3H3,(H,18,20). The van der Waals surface area contributed by atoms with Gasteiger partial charge in [0.1, 0.15) is 10.1 Å². The van der Waals surface area contributed by atoms with Gasteiger partial charge < -0.3 is 15.0 Å². The first-order valence-corrected chi connectivity index (χ1v) is 9.20. The molecule has 1 aliphatic rings. The Morgan fingerprint density at radius 1 is 1.26 bits per heavy atom. The van der Waals surface area contributed by atoms with Crippen molar-refractivity contribution in [3.8, 4) is 5.75 Å². The number of carbonyl (C=O) groups excluding carboxylic acids is 1. The van der Waals surface area contributed by atoms with Crippen molar-refractivity contribution in [3.05, 3.63) is 24.3 Å². The van der Waals surface area contributed by atoms with E-state index >= 15 is 0 Å². The molecular formula is C17H24N2O2S2. The maximum atomic E-state index is 12.6. The van der Waals surface area contributed by atoms with Crippen LogP contribution < -0.4 is 10.1 Å². The summed E-state index contributed by atoms with van der Waals surface area (Å²) >= 11 is 7.02. The van der Waals surface area contributed by atoms with E-state index in [-0.39, 0.29) is 17.1 Å². The number of benzene rings is 1. The van der Waals surface area contributed by atoms with E-state index in [1.807, 2.05) is 24.3 Å². The number of rotatable bonds is 5. The van der Waals surface area contributed by atoms with Gasteiger partial charge in [0.2, 0.25) is 5.91 Å². The zero-order valence-corrected chi connectivity index (χ0v) is 15.5. The summed E-state index contributed by atoms with van der Waals surface area (Å²) in [5.74, 6) is 0.975. The molecular weight excluding hydrogens is 328 g/mol. The summed E-state index contributed by atoms with van der Waals surface area (Å²) in [6, 6.07) is 7.36. The molecule has 1 aromatic rings. The van der Waals surface area contributed by atoms with Gasteiger partial charge in [-0.25, -0.2) is 0 Å². The number of nitrogens with zero attached hydrogens (tertiary/aromatic N) is 1. The Morgan fingerprint density at radius 3 is 2.39 bits per heavy atom. The summed E-state index contributed by atoms with van der Waals surface area (Å²) in [5, 5.41) is 2.79. The van der Waals surface area contributed by atoms with Gasteiger partial charge >= 0.3 is 0 Å². The lowest BCUT2D eigenvalue weighted by Crippen LogP contribution is -2.34. The Bertz CT molecular complexity index is 540. The summed E-state index contributed by atoms with van der Waals surface area (Å²) < 4.78 is 5.97. The zero-order valence-electron chi connectivity index (χ0n) is 13.9. The highest BCUT2D eigenvalue weighted by Crippen LogP contribution is 2.26. The fourth-order valence-corrected chi connectivity index (χ4v) is 3.94. The quantitative estimate of drug-likeness (QED) is 0.817. The van der Waals surface area contributed by atoms with E-state index in [0.717, 1.165) is 28.8 Å². The fraction of sp³-hybridized carbons (Fsp3) is 0.529. The lowest BCUT2D eigenvalue weighted by molar-refractivity contribution is -0.116. The van der Waals surface area contributed by atoms with Gasteiger partial charge in [-0.1, -0.05) is 37.8 Å². The normalized spacial score (nSPS) is 15.6. The number of thiocarbonyl (C=S) groups is 1. The molecule has 1 N–H and O–H groups in total. The summed E-state index contributed by atoms with van der Waals surface area (Å²) in [6.07, 6.45) is 2.37. The molecule has 4 nitrogen and oxygen atoms in total. The monoisotopic (exact) mass is 352 g/mol. The van der Waals surface area contributed by atoms with Gasteiger partial charge in [0.05, 0.1) is 12.4 Å². The molecule has 1 aromatic carbocycles. The average molecular weight is 353 g/mol. The van der Waals surface area contributed by atoms with Gasteiger partial charge in [-0.05, 0) is 43.0 Å². The number of hydrogen-bond acceptors (Lipinski definition) is 4. The van der Waals surface area contributed by atoms with Crippen LogP contribution in [0.1, 0.15) is 26.7 Å². The third kappa shape index (κ3) is 5.11. The van der Waals surface area contributed by atoms with E-state index in [0.29, 0.717) is 0 Å². The first-order chi connectivity index (χ1) is 11.0. The van der Waals surface area contributed by atoms with E-state index < -0.39 is 0 Å². The Labute approximate surface area is 148 Å². The van der Waals surface area contributed by atoms with Crippen LogP contribution in [0.25, 0.3) is 0 Å². The first kappa shape index (κ1) is 18.1. The molecule has 0 saturated carbocycles. The van der Waals surface area contributed by atoms with E-state index in [1.165, 1.54) is 24.6 Å². The minimum absolute atomic E-state index is 0.00304. The molecule has 6 heteroatoms. The number of likely N-dealkylation sites (tertiary alicyclic amines) is 1. The largest absolute Gasteiger partial charge is 0.497 e. The van der Waals surface area contributed by atoms with Crippen molar-refractivity contribution in [2.24, 2.45) is 5.92 Å². The van der Waals surface area contributed by atoms with Gasteiger partial charge in [-0.15, -0.1) is 0 Å². The van der Waals surface area contributed by atoms with Crippen LogP contribution in [0.2, 0.25) is 0 Å². The second-order valence-electron chi connectivity index (χ2n) is 5.96. The number of carbonyl (C=O) groups is 1. The number of anilines is 1. The van der Waals surface area contributed by atoms with Crippen LogP contribution in [0, 0.1) is 5.92 Å². The lowest BCUT2D eigenvalue weighted by atomic mass is 10.1. The van der Waals surface area contributed by atoms with E-state index in [4.69, 9.17) is 17.0 Å². The first-order valence-electron chi connectivity index (χ1n) is 7.91. The van der Waals surface area contributed by atoms with E-state index in [1.54, 1.807) is 7.11 Å². The van der Waals surface area contributed by atoms with Crippen LogP contribution in [0.4, 0.5) is 5.69 Å². The predicted octanol–water partition coefficient (Wildman–Crippen LogP) is 3.77. The van der Waals surface area contributed by atoms with Crippen molar-refractivity contribution in [2.75, 3.05) is 25.5 Å². The molecule has 1 unspecified atom stereocenters. The molecule has 1 atom stereocenters. The smallest absolute Gasteiger partial charge is 0.238 e. The zero-order chi connectivity index (χ0) is 16.8. The highest BCUT2D eigenvalue weighted by molar-refractivity contribution is 8.23. The van der Waals surface area contributed by atoms with Crippen LogP contribution in [0.15, 0.2) is 24.3 Å². The van der Waals surface area contributed by atoms with Crippen molar-refractivity contribution in [3.63, 3.8) is 0 Å². The van der Waals surface area contributed by atoms with Gasteiger partial charge in [0, 0.05) is 18.8 Å². The van der Waals surface area contributed by atoms with Crippen molar-refractivity contribution in [2.45, 2.75) is 31.9 Å². The molecule has 1 fully saturated rings. The molecule has 1 saturated heterocycles. The SMILES string of the molecule is COc1ccc(NC(=O)C(SC(=S)N2CCCC2)C(C)C)cc1. The second-order valence-corrected chi connectivity index (χ2v) is 7.74. The predicted molar refractivity (Wildman–Crippen MR) is 101 cm³/mol. The number of hydrogen-bond donors (Lipinski definition) is 1. The molecule has 1 amide bonds. The number of thioether (sulfide) groups is 1. The molecule has 0 spiro atoms. The molecule has 2 rings (SSSR count). The van der Waals surface area contributed by atoms with Crippen LogP contribution in [-0.4, -0.2) is 40.6 Å². The van der Waals surface area contributed by atoms with Crippen LogP contribution in [0.3, 0.4) is 0 Å². The molecule has 1 aliphatic heterocycles. The Kier molecular flexibility index (Phi) is 6.72. The highest BCUT2D eigenvalue weighted by atomic mass is 32.2. The third-order valence-corrected chi connectivity index (χ3v) is 5.83. The van der Waals surface area contributed by atoms with E-state index in [2.05, 4.69) is 24.1 Å².